The van der Waals surface area contributed by atoms with Crippen molar-refractivity contribution in [3.8, 4) is 5.88 Å². The Morgan fingerprint density at radius 2 is 2.00 bits per heavy atom. The summed E-state index contributed by atoms with van der Waals surface area (Å²) in [6, 6.07) is 1.97. The SMILES string of the molecule is O=C(O)C=Cc1ccc(C(F)(F)F)nc1OC1CCCC1. The molecule has 1 aromatic rings. The van der Waals surface area contributed by atoms with Gasteiger partial charge in [0.2, 0.25) is 5.88 Å². The zero-order valence-corrected chi connectivity index (χ0v) is 11.1. The van der Waals surface area contributed by atoms with Crippen molar-refractivity contribution in [3.05, 3.63) is 29.5 Å². The van der Waals surface area contributed by atoms with Crippen LogP contribution in [0.15, 0.2) is 18.2 Å². The molecule has 0 amide bonds. The highest BCUT2D eigenvalue weighted by molar-refractivity contribution is 5.85. The van der Waals surface area contributed by atoms with Crippen LogP contribution in [0.3, 0.4) is 0 Å². The molecule has 4 nitrogen and oxygen atoms in total. The summed E-state index contributed by atoms with van der Waals surface area (Å²) in [4.78, 5) is 14.0. The van der Waals surface area contributed by atoms with Gasteiger partial charge in [0, 0.05) is 11.6 Å². The zero-order chi connectivity index (χ0) is 15.5. The van der Waals surface area contributed by atoms with Gasteiger partial charge in [-0.25, -0.2) is 9.78 Å². The highest BCUT2D eigenvalue weighted by Gasteiger charge is 2.33. The van der Waals surface area contributed by atoms with Crippen molar-refractivity contribution >= 4 is 12.0 Å². The van der Waals surface area contributed by atoms with Gasteiger partial charge in [0.25, 0.3) is 0 Å². The lowest BCUT2D eigenvalue weighted by Crippen LogP contribution is -2.15. The lowest BCUT2D eigenvalue weighted by molar-refractivity contribution is -0.141. The van der Waals surface area contributed by atoms with Gasteiger partial charge in [0.1, 0.15) is 11.8 Å². The highest BCUT2D eigenvalue weighted by Crippen LogP contribution is 2.32. The molecule has 1 N–H and O–H groups in total. The Hall–Kier alpha value is -2.05. The van der Waals surface area contributed by atoms with Crippen LogP contribution in [0.25, 0.3) is 6.08 Å². The second-order valence-electron chi connectivity index (χ2n) is 4.78. The lowest BCUT2D eigenvalue weighted by atomic mass is 10.2. The van der Waals surface area contributed by atoms with Gasteiger partial charge in [-0.3, -0.25) is 0 Å². The number of aromatic nitrogens is 1. The van der Waals surface area contributed by atoms with Crippen LogP contribution in [0.5, 0.6) is 5.88 Å². The zero-order valence-electron chi connectivity index (χ0n) is 11.1. The third kappa shape index (κ3) is 4.21. The molecular weight excluding hydrogens is 287 g/mol. The number of rotatable bonds is 4. The Bertz CT molecular complexity index is 549. The van der Waals surface area contributed by atoms with Crippen molar-refractivity contribution in [3.63, 3.8) is 0 Å². The Morgan fingerprint density at radius 3 is 2.57 bits per heavy atom. The summed E-state index contributed by atoms with van der Waals surface area (Å²) in [5, 5.41) is 8.61. The van der Waals surface area contributed by atoms with Crippen LogP contribution in [0.4, 0.5) is 13.2 Å². The summed E-state index contributed by atoms with van der Waals surface area (Å²) in [5.41, 5.74) is -0.833. The third-order valence-electron chi connectivity index (χ3n) is 3.17. The Kier molecular flexibility index (Phi) is 4.50. The summed E-state index contributed by atoms with van der Waals surface area (Å²) in [7, 11) is 0. The van der Waals surface area contributed by atoms with Gasteiger partial charge in [-0.15, -0.1) is 0 Å². The number of halogens is 3. The number of alkyl halides is 3. The van der Waals surface area contributed by atoms with E-state index in [0.29, 0.717) is 0 Å². The van der Waals surface area contributed by atoms with E-state index >= 15 is 0 Å². The fraction of sp³-hybridized carbons (Fsp3) is 0.429. The van der Waals surface area contributed by atoms with E-state index in [2.05, 4.69) is 4.98 Å². The molecule has 1 aliphatic rings. The van der Waals surface area contributed by atoms with Gasteiger partial charge in [0.05, 0.1) is 0 Å². The molecule has 0 saturated heterocycles. The molecule has 0 atom stereocenters. The molecule has 1 fully saturated rings. The van der Waals surface area contributed by atoms with Crippen molar-refractivity contribution in [2.24, 2.45) is 0 Å². The minimum absolute atomic E-state index is 0.169. The van der Waals surface area contributed by atoms with Gasteiger partial charge in [-0.1, -0.05) is 0 Å². The van der Waals surface area contributed by atoms with Crippen molar-refractivity contribution in [1.29, 1.82) is 0 Å². The minimum atomic E-state index is -4.57. The van der Waals surface area contributed by atoms with Crippen LogP contribution in [0, 0.1) is 0 Å². The number of aliphatic carboxylic acids is 1. The maximum atomic E-state index is 12.7. The fourth-order valence-corrected chi connectivity index (χ4v) is 2.16. The lowest BCUT2D eigenvalue weighted by Gasteiger charge is -2.16. The number of hydrogen-bond donors (Lipinski definition) is 1. The molecule has 0 radical (unpaired) electrons. The first kappa shape index (κ1) is 15.3. The number of pyridine rings is 1. The fourth-order valence-electron chi connectivity index (χ4n) is 2.16. The molecule has 0 aliphatic heterocycles. The maximum Gasteiger partial charge on any atom is 0.433 e. The Labute approximate surface area is 119 Å². The van der Waals surface area contributed by atoms with Gasteiger partial charge in [-0.05, 0) is 43.9 Å². The Morgan fingerprint density at radius 1 is 1.33 bits per heavy atom. The first-order chi connectivity index (χ1) is 9.86. The van der Waals surface area contributed by atoms with Gasteiger partial charge < -0.3 is 9.84 Å². The first-order valence-corrected chi connectivity index (χ1v) is 6.52. The molecule has 1 aliphatic carbocycles. The summed E-state index contributed by atoms with van der Waals surface area (Å²) in [6.45, 7) is 0. The van der Waals surface area contributed by atoms with E-state index in [1.54, 1.807) is 0 Å². The summed E-state index contributed by atoms with van der Waals surface area (Å²) in [6.07, 6.45) is 0.736. The van der Waals surface area contributed by atoms with E-state index in [9.17, 15) is 18.0 Å². The Balaban J connectivity index is 2.31. The average molecular weight is 301 g/mol. The molecule has 21 heavy (non-hydrogen) atoms. The number of carboxylic acids is 1. The summed E-state index contributed by atoms with van der Waals surface area (Å²) < 4.78 is 43.6. The number of ether oxygens (including phenoxy) is 1. The molecule has 0 spiro atoms. The molecule has 2 rings (SSSR count). The van der Waals surface area contributed by atoms with E-state index in [-0.39, 0.29) is 17.5 Å². The molecule has 1 aromatic heterocycles. The standard InChI is InChI=1S/C14H14F3NO3/c15-14(16,17)11-7-5-9(6-8-12(19)20)13(18-11)21-10-3-1-2-4-10/h5-8,10H,1-4H2,(H,19,20). The van der Waals surface area contributed by atoms with Gasteiger partial charge >= 0.3 is 12.1 Å². The first-order valence-electron chi connectivity index (χ1n) is 6.52. The van der Waals surface area contributed by atoms with Crippen LogP contribution in [-0.2, 0) is 11.0 Å². The van der Waals surface area contributed by atoms with Crippen molar-refractivity contribution < 1.29 is 27.8 Å². The third-order valence-corrected chi connectivity index (χ3v) is 3.17. The monoisotopic (exact) mass is 301 g/mol. The number of carbonyl (C=O) groups is 1. The second-order valence-corrected chi connectivity index (χ2v) is 4.78. The number of nitrogens with zero attached hydrogens (tertiary/aromatic N) is 1. The van der Waals surface area contributed by atoms with E-state index in [1.165, 1.54) is 12.1 Å². The predicted molar refractivity (Wildman–Crippen MR) is 68.8 cm³/mol. The van der Waals surface area contributed by atoms with E-state index in [4.69, 9.17) is 9.84 Å². The number of hydrogen-bond acceptors (Lipinski definition) is 3. The van der Waals surface area contributed by atoms with Crippen molar-refractivity contribution in [2.75, 3.05) is 0 Å². The number of carboxylic acid groups (broad SMARTS) is 1. The highest BCUT2D eigenvalue weighted by atomic mass is 19.4. The normalized spacial score (nSPS) is 16.5. The quantitative estimate of drug-likeness (QED) is 0.864. The topological polar surface area (TPSA) is 59.4 Å². The summed E-state index contributed by atoms with van der Waals surface area (Å²) in [5.74, 6) is -1.36. The predicted octanol–water partition coefficient (Wildman–Crippen LogP) is 3.52. The minimum Gasteiger partial charge on any atom is -0.478 e. The summed E-state index contributed by atoms with van der Waals surface area (Å²) >= 11 is 0. The van der Waals surface area contributed by atoms with Crippen LogP contribution in [0.2, 0.25) is 0 Å². The van der Waals surface area contributed by atoms with Crippen LogP contribution in [-0.4, -0.2) is 22.2 Å². The molecular formula is C14H14F3NO3. The molecule has 0 bridgehead atoms. The molecule has 7 heteroatoms. The average Bonchev–Trinajstić information content (AvgIpc) is 2.88. The van der Waals surface area contributed by atoms with E-state index in [1.807, 2.05) is 0 Å². The molecule has 0 aromatic carbocycles. The van der Waals surface area contributed by atoms with Crippen LogP contribution >= 0.6 is 0 Å². The van der Waals surface area contributed by atoms with Crippen molar-refractivity contribution in [2.45, 2.75) is 38.0 Å². The second kappa shape index (κ2) is 6.15. The molecule has 1 heterocycles. The molecule has 1 saturated carbocycles. The van der Waals surface area contributed by atoms with Crippen molar-refractivity contribution in [1.82, 2.24) is 4.98 Å². The van der Waals surface area contributed by atoms with Crippen LogP contribution in [0.1, 0.15) is 36.9 Å². The van der Waals surface area contributed by atoms with Gasteiger partial charge in [-0.2, -0.15) is 13.2 Å². The molecule has 114 valence electrons. The maximum absolute atomic E-state index is 12.7. The molecule has 0 unspecified atom stereocenters. The van der Waals surface area contributed by atoms with E-state index in [0.717, 1.165) is 37.8 Å². The van der Waals surface area contributed by atoms with Crippen LogP contribution < -0.4 is 4.74 Å². The van der Waals surface area contributed by atoms with E-state index < -0.39 is 17.8 Å². The van der Waals surface area contributed by atoms with Gasteiger partial charge in [0.15, 0.2) is 0 Å². The smallest absolute Gasteiger partial charge is 0.433 e. The largest absolute Gasteiger partial charge is 0.478 e.